The van der Waals surface area contributed by atoms with Crippen molar-refractivity contribution in [2.24, 2.45) is 0 Å². The maximum atomic E-state index is 12.4. The predicted molar refractivity (Wildman–Crippen MR) is 306 cm³/mol. The highest BCUT2D eigenvalue weighted by atomic mass is 16.5. The lowest BCUT2D eigenvalue weighted by Crippen LogP contribution is -2.45. The molecule has 0 aromatic rings. The summed E-state index contributed by atoms with van der Waals surface area (Å²) in [5.74, 6) is -0.0564. The molecule has 0 aliphatic rings. The summed E-state index contributed by atoms with van der Waals surface area (Å²) in [6.45, 7) is 4.86. The van der Waals surface area contributed by atoms with E-state index in [4.69, 9.17) is 4.74 Å². The van der Waals surface area contributed by atoms with E-state index in [1.54, 1.807) is 6.08 Å². The van der Waals surface area contributed by atoms with E-state index in [1.807, 2.05) is 6.08 Å². The van der Waals surface area contributed by atoms with Gasteiger partial charge in [0, 0.05) is 12.8 Å². The standard InChI is InChI=1S/C64H121NO5/c1-3-5-7-9-11-13-14-15-16-17-25-29-32-35-38-42-46-50-54-58-64(69)70-59-55-51-47-43-39-36-33-30-27-24-22-20-18-19-21-23-26-28-31-34-37-41-45-49-53-57-63(68)65-61(60-66)62(67)56-52-48-44-40-12-10-8-6-4-2/h11,13,15-16,52,56,61-62,66-67H,3-10,12,14,17-51,53-55,57-60H2,1-2H3,(H,65,68)/b13-11-,16-15-,56-52+. The van der Waals surface area contributed by atoms with Crippen LogP contribution in [-0.2, 0) is 14.3 Å². The van der Waals surface area contributed by atoms with Crippen molar-refractivity contribution >= 4 is 11.9 Å². The first-order valence-corrected chi connectivity index (χ1v) is 31.3. The summed E-state index contributed by atoms with van der Waals surface area (Å²) in [4.78, 5) is 24.5. The SMILES string of the molecule is CCCCC/C=C\C/C=C\CCCCCCCCCCCC(=O)OCCCCCCCCCCCCCCCCCCCCCCCCCCCC(=O)NC(CO)C(O)/C=C/CCCCCCCCC. The van der Waals surface area contributed by atoms with Crippen molar-refractivity contribution in [1.29, 1.82) is 0 Å². The minimum absolute atomic E-state index is 0.0120. The molecule has 0 bridgehead atoms. The number of ether oxygens (including phenoxy) is 1. The molecule has 0 aliphatic heterocycles. The number of esters is 1. The third-order valence-corrected chi connectivity index (χ3v) is 14.4. The Morgan fingerprint density at radius 3 is 1.11 bits per heavy atom. The predicted octanol–water partition coefficient (Wildman–Crippen LogP) is 19.6. The van der Waals surface area contributed by atoms with Crippen LogP contribution < -0.4 is 5.32 Å². The number of hydrogen-bond donors (Lipinski definition) is 3. The Bertz CT molecular complexity index is 1130. The molecule has 2 atom stereocenters. The van der Waals surface area contributed by atoms with E-state index in [1.165, 1.54) is 257 Å². The van der Waals surface area contributed by atoms with Crippen molar-refractivity contribution < 1.29 is 24.5 Å². The van der Waals surface area contributed by atoms with Gasteiger partial charge in [-0.25, -0.2) is 0 Å². The van der Waals surface area contributed by atoms with Crippen LogP contribution in [0.25, 0.3) is 0 Å². The average molecular weight is 985 g/mol. The van der Waals surface area contributed by atoms with Gasteiger partial charge in [0.05, 0.1) is 25.4 Å². The van der Waals surface area contributed by atoms with Gasteiger partial charge in [0.2, 0.25) is 5.91 Å². The van der Waals surface area contributed by atoms with E-state index in [0.29, 0.717) is 19.4 Å². The largest absolute Gasteiger partial charge is 0.466 e. The number of unbranched alkanes of at least 4 members (excludes halogenated alkanes) is 43. The normalized spacial score (nSPS) is 12.8. The molecule has 1 amide bonds. The van der Waals surface area contributed by atoms with Crippen LogP contribution in [0.1, 0.15) is 335 Å². The zero-order chi connectivity index (χ0) is 50.7. The van der Waals surface area contributed by atoms with Crippen LogP contribution in [0.3, 0.4) is 0 Å². The zero-order valence-electron chi connectivity index (χ0n) is 47.0. The lowest BCUT2D eigenvalue weighted by Gasteiger charge is -2.20. The number of carbonyl (C=O) groups excluding carboxylic acids is 2. The molecule has 0 aliphatic carbocycles. The second kappa shape index (κ2) is 59.6. The molecule has 6 heteroatoms. The maximum Gasteiger partial charge on any atom is 0.305 e. The number of amides is 1. The summed E-state index contributed by atoms with van der Waals surface area (Å²) in [6, 6.07) is -0.624. The van der Waals surface area contributed by atoms with Crippen LogP contribution in [-0.4, -0.2) is 47.4 Å². The number of aliphatic hydroxyl groups excluding tert-OH is 2. The second-order valence-electron chi connectivity index (χ2n) is 21.4. The molecule has 0 rings (SSSR count). The number of allylic oxidation sites excluding steroid dienone is 5. The highest BCUT2D eigenvalue weighted by molar-refractivity contribution is 5.76. The summed E-state index contributed by atoms with van der Waals surface area (Å²) in [5, 5.41) is 22.9. The summed E-state index contributed by atoms with van der Waals surface area (Å²) in [7, 11) is 0. The third-order valence-electron chi connectivity index (χ3n) is 14.4. The minimum atomic E-state index is -0.841. The molecule has 0 fully saturated rings. The fraction of sp³-hybridized carbons (Fsp3) is 0.875. The van der Waals surface area contributed by atoms with Crippen LogP contribution in [0.15, 0.2) is 36.5 Å². The molecule has 0 aromatic carbocycles. The molecule has 3 N–H and O–H groups in total. The molecular formula is C64H121NO5. The van der Waals surface area contributed by atoms with Crippen molar-refractivity contribution in [2.75, 3.05) is 13.2 Å². The molecule has 0 aromatic heterocycles. The number of hydrogen-bond acceptors (Lipinski definition) is 5. The fourth-order valence-corrected chi connectivity index (χ4v) is 9.61. The van der Waals surface area contributed by atoms with Gasteiger partial charge >= 0.3 is 5.97 Å². The lowest BCUT2D eigenvalue weighted by atomic mass is 10.0. The van der Waals surface area contributed by atoms with Crippen molar-refractivity contribution in [3.8, 4) is 0 Å². The fourth-order valence-electron chi connectivity index (χ4n) is 9.61. The van der Waals surface area contributed by atoms with Gasteiger partial charge in [-0.15, -0.1) is 0 Å². The van der Waals surface area contributed by atoms with E-state index in [9.17, 15) is 19.8 Å². The Morgan fingerprint density at radius 2 is 0.714 bits per heavy atom. The summed E-state index contributed by atoms with van der Waals surface area (Å²) in [5.41, 5.74) is 0. The molecule has 0 spiro atoms. The van der Waals surface area contributed by atoms with E-state index in [0.717, 1.165) is 51.4 Å². The van der Waals surface area contributed by atoms with Crippen molar-refractivity contribution in [3.63, 3.8) is 0 Å². The first kappa shape index (κ1) is 68.1. The molecule has 0 radical (unpaired) electrons. The molecule has 0 saturated carbocycles. The minimum Gasteiger partial charge on any atom is -0.466 e. The van der Waals surface area contributed by atoms with Crippen LogP contribution in [0, 0.1) is 0 Å². The van der Waals surface area contributed by atoms with Gasteiger partial charge in [-0.2, -0.15) is 0 Å². The Kier molecular flexibility index (Phi) is 58.0. The highest BCUT2D eigenvalue weighted by Gasteiger charge is 2.18. The summed E-state index contributed by atoms with van der Waals surface area (Å²) < 4.78 is 5.50. The molecule has 412 valence electrons. The first-order chi connectivity index (χ1) is 34.5. The van der Waals surface area contributed by atoms with Gasteiger partial charge in [-0.1, -0.05) is 294 Å². The van der Waals surface area contributed by atoms with Crippen LogP contribution in [0.2, 0.25) is 0 Å². The van der Waals surface area contributed by atoms with Gasteiger partial charge in [0.1, 0.15) is 0 Å². The Morgan fingerprint density at radius 1 is 0.400 bits per heavy atom. The van der Waals surface area contributed by atoms with Gasteiger partial charge in [0.15, 0.2) is 0 Å². The zero-order valence-corrected chi connectivity index (χ0v) is 47.0. The summed E-state index contributed by atoms with van der Waals surface area (Å²) >= 11 is 0. The van der Waals surface area contributed by atoms with Gasteiger partial charge in [-0.05, 0) is 64.2 Å². The average Bonchev–Trinajstić information content (AvgIpc) is 3.36. The maximum absolute atomic E-state index is 12.4. The first-order valence-electron chi connectivity index (χ1n) is 31.3. The topological polar surface area (TPSA) is 95.9 Å². The van der Waals surface area contributed by atoms with Gasteiger partial charge in [0.25, 0.3) is 0 Å². The number of rotatable bonds is 58. The van der Waals surface area contributed by atoms with Gasteiger partial charge in [-0.3, -0.25) is 9.59 Å². The van der Waals surface area contributed by atoms with Crippen LogP contribution >= 0.6 is 0 Å². The molecular weight excluding hydrogens is 863 g/mol. The Labute approximate surface area is 436 Å². The monoisotopic (exact) mass is 984 g/mol. The van der Waals surface area contributed by atoms with E-state index < -0.39 is 12.1 Å². The molecule has 2 unspecified atom stereocenters. The number of carbonyl (C=O) groups is 2. The number of nitrogens with one attached hydrogen (secondary N) is 1. The molecule has 6 nitrogen and oxygen atoms in total. The van der Waals surface area contributed by atoms with Crippen molar-refractivity contribution in [3.05, 3.63) is 36.5 Å². The molecule has 70 heavy (non-hydrogen) atoms. The molecule has 0 saturated heterocycles. The van der Waals surface area contributed by atoms with Gasteiger partial charge < -0.3 is 20.3 Å². The van der Waals surface area contributed by atoms with Crippen molar-refractivity contribution in [2.45, 2.75) is 347 Å². The smallest absolute Gasteiger partial charge is 0.305 e. The second-order valence-corrected chi connectivity index (χ2v) is 21.4. The number of aliphatic hydroxyl groups is 2. The van der Waals surface area contributed by atoms with E-state index >= 15 is 0 Å². The molecule has 0 heterocycles. The Balaban J connectivity index is 3.33. The van der Waals surface area contributed by atoms with E-state index in [2.05, 4.69) is 43.5 Å². The third kappa shape index (κ3) is 55.4. The van der Waals surface area contributed by atoms with Crippen LogP contribution in [0.4, 0.5) is 0 Å². The lowest BCUT2D eigenvalue weighted by molar-refractivity contribution is -0.143. The quantitative estimate of drug-likeness (QED) is 0.0321. The summed E-state index contributed by atoms with van der Waals surface area (Å²) in [6.07, 6.45) is 74.9. The highest BCUT2D eigenvalue weighted by Crippen LogP contribution is 2.18. The van der Waals surface area contributed by atoms with Crippen molar-refractivity contribution in [1.82, 2.24) is 5.32 Å². The Hall–Kier alpha value is -1.92. The van der Waals surface area contributed by atoms with Crippen LogP contribution in [0.5, 0.6) is 0 Å². The van der Waals surface area contributed by atoms with E-state index in [-0.39, 0.29) is 18.5 Å².